The molecule has 1 fully saturated rings. The molecule has 2 unspecified atom stereocenters. The van der Waals surface area contributed by atoms with Crippen LogP contribution in [0.5, 0.6) is 0 Å². The van der Waals surface area contributed by atoms with Crippen LogP contribution in [-0.2, 0) is 14.3 Å². The summed E-state index contributed by atoms with van der Waals surface area (Å²) in [6, 6.07) is 0. The number of ketones is 1. The number of hydrogen-bond acceptors (Lipinski definition) is 5. The van der Waals surface area contributed by atoms with Crippen molar-refractivity contribution in [1.29, 1.82) is 0 Å². The van der Waals surface area contributed by atoms with Gasteiger partial charge in [-0.2, -0.15) is 0 Å². The summed E-state index contributed by atoms with van der Waals surface area (Å²) in [5.74, 6) is -1.19. The number of ether oxygens (including phenoxy) is 1. The number of aliphatic hydroxyl groups excluding tert-OH is 2. The van der Waals surface area contributed by atoms with E-state index >= 15 is 0 Å². The predicted octanol–water partition coefficient (Wildman–Crippen LogP) is 3.10. The maximum Gasteiger partial charge on any atom is 0.303 e. The lowest BCUT2D eigenvalue weighted by Gasteiger charge is -2.21. The summed E-state index contributed by atoms with van der Waals surface area (Å²) >= 11 is 0. The molecule has 0 aliphatic heterocycles. The number of aliphatic hydroxyl groups is 2. The number of methoxy groups -OCH3 is 1. The minimum absolute atomic E-state index is 0.0754. The van der Waals surface area contributed by atoms with Crippen LogP contribution in [0.4, 0.5) is 0 Å². The van der Waals surface area contributed by atoms with E-state index in [2.05, 4.69) is 6.92 Å². The number of carbonyl (C=O) groups is 2. The first kappa shape index (κ1) is 23.8. The molecule has 0 aromatic carbocycles. The molecule has 0 saturated heterocycles. The number of carbonyl (C=O) groups excluding carboxylic acids is 1. The molecule has 3 N–H and O–H groups in total. The smallest absolute Gasteiger partial charge is 0.303 e. The second kappa shape index (κ2) is 13.0. The molecule has 0 heterocycles. The Hall–Kier alpha value is -1.24. The monoisotopic (exact) mass is 384 g/mol. The Bertz CT molecular complexity index is 475. The Morgan fingerprint density at radius 2 is 1.96 bits per heavy atom. The summed E-state index contributed by atoms with van der Waals surface area (Å²) in [5, 5.41) is 29.2. The summed E-state index contributed by atoms with van der Waals surface area (Å²) in [7, 11) is 1.58. The largest absolute Gasteiger partial charge is 0.481 e. The van der Waals surface area contributed by atoms with Gasteiger partial charge in [-0.3, -0.25) is 9.59 Å². The molecule has 1 aliphatic rings. The number of carboxylic acid groups (broad SMARTS) is 1. The van der Waals surface area contributed by atoms with Crippen molar-refractivity contribution in [2.24, 2.45) is 11.8 Å². The van der Waals surface area contributed by atoms with Crippen molar-refractivity contribution in [2.45, 2.75) is 89.4 Å². The van der Waals surface area contributed by atoms with Gasteiger partial charge < -0.3 is 20.1 Å². The van der Waals surface area contributed by atoms with Gasteiger partial charge in [0.1, 0.15) is 5.78 Å². The molecule has 0 radical (unpaired) electrons. The van der Waals surface area contributed by atoms with E-state index in [9.17, 15) is 19.8 Å². The second-order valence-electron chi connectivity index (χ2n) is 7.56. The summed E-state index contributed by atoms with van der Waals surface area (Å²) < 4.78 is 5.35. The molecule has 0 bridgehead atoms. The van der Waals surface area contributed by atoms with Crippen LogP contribution in [0.1, 0.15) is 71.1 Å². The average Bonchev–Trinajstić information content (AvgIpc) is 2.89. The molecule has 1 rings (SSSR count). The van der Waals surface area contributed by atoms with Crippen LogP contribution in [0.15, 0.2) is 12.2 Å². The summed E-state index contributed by atoms with van der Waals surface area (Å²) in [4.78, 5) is 22.7. The summed E-state index contributed by atoms with van der Waals surface area (Å²) in [6.07, 6.45) is 8.75. The predicted molar refractivity (Wildman–Crippen MR) is 103 cm³/mol. The lowest BCUT2D eigenvalue weighted by atomic mass is 9.88. The first-order valence-corrected chi connectivity index (χ1v) is 10.2. The van der Waals surface area contributed by atoms with Crippen molar-refractivity contribution in [2.75, 3.05) is 7.11 Å². The fourth-order valence-corrected chi connectivity index (χ4v) is 3.79. The fourth-order valence-electron chi connectivity index (χ4n) is 3.79. The van der Waals surface area contributed by atoms with Crippen molar-refractivity contribution in [1.82, 2.24) is 0 Å². The quantitative estimate of drug-likeness (QED) is 0.314. The molecule has 0 spiro atoms. The Morgan fingerprint density at radius 3 is 2.59 bits per heavy atom. The third-order valence-corrected chi connectivity index (χ3v) is 5.44. The molecule has 1 saturated carbocycles. The molecule has 5 atom stereocenters. The zero-order chi connectivity index (χ0) is 20.2. The molecular weight excluding hydrogens is 348 g/mol. The van der Waals surface area contributed by atoms with Gasteiger partial charge >= 0.3 is 5.97 Å². The number of unbranched alkanes of at least 4 members (excludes halogenated alkanes) is 4. The van der Waals surface area contributed by atoms with E-state index in [0.29, 0.717) is 12.8 Å². The van der Waals surface area contributed by atoms with Crippen LogP contribution in [0.3, 0.4) is 0 Å². The van der Waals surface area contributed by atoms with E-state index in [1.807, 2.05) is 0 Å². The van der Waals surface area contributed by atoms with E-state index in [4.69, 9.17) is 9.84 Å². The van der Waals surface area contributed by atoms with Gasteiger partial charge in [-0.1, -0.05) is 51.2 Å². The fraction of sp³-hybridized carbons (Fsp3) is 0.810. The Labute approximate surface area is 162 Å². The maximum absolute atomic E-state index is 12.2. The molecule has 6 nitrogen and oxygen atoms in total. The molecular formula is C21H36O6. The minimum atomic E-state index is -0.777. The highest BCUT2D eigenvalue weighted by Gasteiger charge is 2.39. The number of hydrogen-bond donors (Lipinski definition) is 3. The lowest BCUT2D eigenvalue weighted by Crippen LogP contribution is -2.27. The van der Waals surface area contributed by atoms with Crippen LogP contribution in [-0.4, -0.2) is 52.5 Å². The van der Waals surface area contributed by atoms with Crippen molar-refractivity contribution >= 4 is 11.8 Å². The number of Topliss-reactive ketones (excluding diaryl/α,β-unsaturated/α-hetero) is 1. The summed E-state index contributed by atoms with van der Waals surface area (Å²) in [6.45, 7) is 2.09. The van der Waals surface area contributed by atoms with E-state index in [0.717, 1.165) is 38.5 Å². The molecule has 1 aliphatic carbocycles. The van der Waals surface area contributed by atoms with Gasteiger partial charge in [-0.15, -0.1) is 0 Å². The molecule has 0 aromatic rings. The Morgan fingerprint density at radius 1 is 1.26 bits per heavy atom. The van der Waals surface area contributed by atoms with Crippen molar-refractivity contribution in [3.05, 3.63) is 12.2 Å². The Kier molecular flexibility index (Phi) is 11.5. The third-order valence-electron chi connectivity index (χ3n) is 5.44. The van der Waals surface area contributed by atoms with Crippen LogP contribution in [0.25, 0.3) is 0 Å². The number of aliphatic carboxylic acids is 1. The van der Waals surface area contributed by atoms with Gasteiger partial charge in [-0.25, -0.2) is 0 Å². The second-order valence-corrected chi connectivity index (χ2v) is 7.56. The summed E-state index contributed by atoms with van der Waals surface area (Å²) in [5.41, 5.74) is 0. The van der Waals surface area contributed by atoms with Gasteiger partial charge in [0.25, 0.3) is 0 Å². The third kappa shape index (κ3) is 8.54. The highest BCUT2D eigenvalue weighted by Crippen LogP contribution is 2.34. The van der Waals surface area contributed by atoms with E-state index in [1.165, 1.54) is 0 Å². The van der Waals surface area contributed by atoms with Crippen molar-refractivity contribution < 1.29 is 29.6 Å². The highest BCUT2D eigenvalue weighted by atomic mass is 16.5. The van der Waals surface area contributed by atoms with E-state index in [1.54, 1.807) is 19.3 Å². The molecule has 0 amide bonds. The average molecular weight is 385 g/mol. The molecule has 6 heteroatoms. The molecule has 156 valence electrons. The number of rotatable bonds is 14. The van der Waals surface area contributed by atoms with E-state index < -0.39 is 18.2 Å². The molecule has 27 heavy (non-hydrogen) atoms. The van der Waals surface area contributed by atoms with Crippen LogP contribution in [0.2, 0.25) is 0 Å². The lowest BCUT2D eigenvalue weighted by molar-refractivity contribution is -0.137. The Balaban J connectivity index is 2.52. The van der Waals surface area contributed by atoms with Crippen LogP contribution >= 0.6 is 0 Å². The number of carboxylic acids is 1. The standard InChI is InChI=1S/C21H36O6/c1-3-4-10-20(27-2)17(22)13-12-16-15(18(23)14-19(16)24)9-7-5-6-8-11-21(25)26/h12-13,15-17,19-20,22,24H,3-11,14H2,1-2H3,(H,25,26)/b13-12+/t15-,16?,17-,19-,20?/m1/s1. The van der Waals surface area contributed by atoms with Crippen LogP contribution in [0, 0.1) is 11.8 Å². The minimum Gasteiger partial charge on any atom is -0.481 e. The normalized spacial score (nSPS) is 25.2. The van der Waals surface area contributed by atoms with Crippen LogP contribution < -0.4 is 0 Å². The van der Waals surface area contributed by atoms with Gasteiger partial charge in [0.2, 0.25) is 0 Å². The molecule has 0 aromatic heterocycles. The zero-order valence-corrected chi connectivity index (χ0v) is 16.7. The highest BCUT2D eigenvalue weighted by molar-refractivity contribution is 5.84. The van der Waals surface area contributed by atoms with Crippen molar-refractivity contribution in [3.63, 3.8) is 0 Å². The maximum atomic E-state index is 12.2. The van der Waals surface area contributed by atoms with E-state index in [-0.39, 0.29) is 36.6 Å². The van der Waals surface area contributed by atoms with Gasteiger partial charge in [0.05, 0.1) is 18.3 Å². The first-order valence-electron chi connectivity index (χ1n) is 10.2. The van der Waals surface area contributed by atoms with Gasteiger partial charge in [-0.05, 0) is 19.3 Å². The topological polar surface area (TPSA) is 104 Å². The van der Waals surface area contributed by atoms with Gasteiger partial charge in [0, 0.05) is 31.8 Å². The SMILES string of the molecule is CCCCC(OC)[C@H](O)/C=C/C1[C@H](O)CC(=O)[C@@H]1CCCCCCC(=O)O. The zero-order valence-electron chi connectivity index (χ0n) is 16.7. The first-order chi connectivity index (χ1) is 12.9. The van der Waals surface area contributed by atoms with Crippen molar-refractivity contribution in [3.8, 4) is 0 Å². The van der Waals surface area contributed by atoms with Gasteiger partial charge in [0.15, 0.2) is 0 Å².